The van der Waals surface area contributed by atoms with Gasteiger partial charge in [-0.1, -0.05) is 19.3 Å². The van der Waals surface area contributed by atoms with Crippen molar-refractivity contribution in [2.75, 3.05) is 18.5 Å². The molecular weight excluding hydrogens is 334 g/mol. The van der Waals surface area contributed by atoms with E-state index in [0.29, 0.717) is 36.1 Å². The molecule has 7 heteroatoms. The average molecular weight is 359 g/mol. The Hall–Kier alpha value is -2.57. The van der Waals surface area contributed by atoms with Crippen molar-refractivity contribution in [1.29, 1.82) is 0 Å². The molecule has 7 nitrogen and oxygen atoms in total. The number of anilines is 1. The topological polar surface area (TPSA) is 89.0 Å². The predicted molar refractivity (Wildman–Crippen MR) is 98.5 cm³/mol. The lowest BCUT2D eigenvalue weighted by Crippen LogP contribution is -2.29. The fourth-order valence-corrected chi connectivity index (χ4v) is 3.20. The van der Waals surface area contributed by atoms with Crippen LogP contribution in [0.25, 0.3) is 0 Å². The van der Waals surface area contributed by atoms with Crippen LogP contribution in [0.5, 0.6) is 11.5 Å². The number of ether oxygens (including phenoxy) is 2. The van der Waals surface area contributed by atoms with Gasteiger partial charge in [0.25, 0.3) is 0 Å². The molecule has 2 amide bonds. The van der Waals surface area contributed by atoms with Crippen LogP contribution in [0, 0.1) is 5.92 Å². The standard InChI is InChI=1S/C19H25N3O4/c1-13(21-22-19(24)14-5-3-2-4-6-14)11-18(23)20-15-7-8-16-17(12-15)26-10-9-25-16/h7-8,12,14H,2-6,9-11H2,1H3,(H,20,23)(H,22,24). The van der Waals surface area contributed by atoms with E-state index in [4.69, 9.17) is 9.47 Å². The first-order valence-electron chi connectivity index (χ1n) is 9.14. The monoisotopic (exact) mass is 359 g/mol. The zero-order valence-electron chi connectivity index (χ0n) is 15.0. The van der Waals surface area contributed by atoms with Gasteiger partial charge in [0.2, 0.25) is 11.8 Å². The van der Waals surface area contributed by atoms with Crippen LogP contribution >= 0.6 is 0 Å². The number of nitrogens with one attached hydrogen (secondary N) is 2. The smallest absolute Gasteiger partial charge is 0.243 e. The molecule has 3 rings (SSSR count). The number of carbonyl (C=O) groups excluding carboxylic acids is 2. The molecule has 1 aliphatic carbocycles. The highest BCUT2D eigenvalue weighted by Gasteiger charge is 2.20. The summed E-state index contributed by atoms with van der Waals surface area (Å²) >= 11 is 0. The summed E-state index contributed by atoms with van der Waals surface area (Å²) in [6.45, 7) is 2.75. The first-order valence-corrected chi connectivity index (χ1v) is 9.14. The van der Waals surface area contributed by atoms with E-state index in [2.05, 4.69) is 15.8 Å². The van der Waals surface area contributed by atoms with Crippen LogP contribution in [-0.2, 0) is 9.59 Å². The lowest BCUT2D eigenvalue weighted by atomic mass is 9.89. The van der Waals surface area contributed by atoms with E-state index in [0.717, 1.165) is 25.7 Å². The summed E-state index contributed by atoms with van der Waals surface area (Å²) < 4.78 is 11.0. The van der Waals surface area contributed by atoms with E-state index in [1.807, 2.05) is 0 Å². The third-order valence-corrected chi connectivity index (χ3v) is 4.58. The number of carbonyl (C=O) groups is 2. The van der Waals surface area contributed by atoms with Crippen molar-refractivity contribution < 1.29 is 19.1 Å². The van der Waals surface area contributed by atoms with E-state index in [9.17, 15) is 9.59 Å². The molecule has 0 atom stereocenters. The quantitative estimate of drug-likeness (QED) is 0.625. The minimum atomic E-state index is -0.199. The highest BCUT2D eigenvalue weighted by molar-refractivity contribution is 6.05. The van der Waals surface area contributed by atoms with Gasteiger partial charge in [-0.2, -0.15) is 5.10 Å². The van der Waals surface area contributed by atoms with Crippen LogP contribution in [0.15, 0.2) is 23.3 Å². The number of hydrogen-bond acceptors (Lipinski definition) is 5. The summed E-state index contributed by atoms with van der Waals surface area (Å²) in [7, 11) is 0. The van der Waals surface area contributed by atoms with Gasteiger partial charge in [-0.3, -0.25) is 9.59 Å². The van der Waals surface area contributed by atoms with Crippen molar-refractivity contribution in [3.8, 4) is 11.5 Å². The second-order valence-electron chi connectivity index (χ2n) is 6.74. The van der Waals surface area contributed by atoms with Crippen molar-refractivity contribution in [2.24, 2.45) is 11.0 Å². The molecule has 1 fully saturated rings. The van der Waals surface area contributed by atoms with Gasteiger partial charge in [0.05, 0.1) is 6.42 Å². The van der Waals surface area contributed by atoms with Crippen LogP contribution in [0.4, 0.5) is 5.69 Å². The molecule has 0 bridgehead atoms. The fraction of sp³-hybridized carbons (Fsp3) is 0.526. The maximum Gasteiger partial charge on any atom is 0.243 e. The molecule has 0 spiro atoms. The number of rotatable bonds is 5. The zero-order valence-corrected chi connectivity index (χ0v) is 15.0. The summed E-state index contributed by atoms with van der Waals surface area (Å²) in [5, 5.41) is 6.87. The average Bonchev–Trinajstić information content (AvgIpc) is 2.66. The molecule has 0 aromatic heterocycles. The van der Waals surface area contributed by atoms with Gasteiger partial charge in [-0.05, 0) is 31.9 Å². The fourth-order valence-electron chi connectivity index (χ4n) is 3.20. The Morgan fingerprint density at radius 1 is 1.12 bits per heavy atom. The predicted octanol–water partition coefficient (Wildman–Crippen LogP) is 2.86. The Morgan fingerprint density at radius 3 is 2.62 bits per heavy atom. The molecule has 1 aromatic rings. The van der Waals surface area contributed by atoms with E-state index < -0.39 is 0 Å². The van der Waals surface area contributed by atoms with E-state index >= 15 is 0 Å². The number of fused-ring (bicyclic) bond motifs is 1. The van der Waals surface area contributed by atoms with Crippen LogP contribution in [0.3, 0.4) is 0 Å². The van der Waals surface area contributed by atoms with Crippen LogP contribution < -0.4 is 20.2 Å². The largest absolute Gasteiger partial charge is 0.486 e. The second-order valence-corrected chi connectivity index (χ2v) is 6.74. The van der Waals surface area contributed by atoms with Crippen LogP contribution in [0.2, 0.25) is 0 Å². The van der Waals surface area contributed by atoms with E-state index in [1.54, 1.807) is 25.1 Å². The second kappa shape index (κ2) is 8.69. The summed E-state index contributed by atoms with van der Waals surface area (Å²) in [4.78, 5) is 24.2. The van der Waals surface area contributed by atoms with Gasteiger partial charge in [-0.25, -0.2) is 5.43 Å². The third-order valence-electron chi connectivity index (χ3n) is 4.58. The third kappa shape index (κ3) is 4.97. The minimum absolute atomic E-state index is 0.0451. The molecule has 0 radical (unpaired) electrons. The number of hydrazone groups is 1. The summed E-state index contributed by atoms with van der Waals surface area (Å²) in [5.74, 6) is 1.11. The highest BCUT2D eigenvalue weighted by atomic mass is 16.6. The number of benzene rings is 1. The first kappa shape index (κ1) is 18.2. The molecule has 1 heterocycles. The van der Waals surface area contributed by atoms with Crippen molar-refractivity contribution in [1.82, 2.24) is 5.43 Å². The molecule has 26 heavy (non-hydrogen) atoms. The highest BCUT2D eigenvalue weighted by Crippen LogP contribution is 2.32. The Labute approximate surface area is 153 Å². The van der Waals surface area contributed by atoms with E-state index in [-0.39, 0.29) is 24.2 Å². The number of hydrogen-bond donors (Lipinski definition) is 2. The summed E-state index contributed by atoms with van der Waals surface area (Å²) in [6.07, 6.45) is 5.35. The molecule has 1 aliphatic heterocycles. The lowest BCUT2D eigenvalue weighted by Gasteiger charge is -2.19. The van der Waals surface area contributed by atoms with Crippen LogP contribution in [-0.4, -0.2) is 30.7 Å². The van der Waals surface area contributed by atoms with Gasteiger partial charge in [0.1, 0.15) is 13.2 Å². The number of amides is 2. The first-order chi connectivity index (χ1) is 12.6. The minimum Gasteiger partial charge on any atom is -0.486 e. The van der Waals surface area contributed by atoms with Gasteiger partial charge in [0, 0.05) is 23.4 Å². The molecule has 140 valence electrons. The Morgan fingerprint density at radius 2 is 1.85 bits per heavy atom. The summed E-state index contributed by atoms with van der Waals surface area (Å²) in [6, 6.07) is 5.28. The van der Waals surface area contributed by atoms with Gasteiger partial charge >= 0.3 is 0 Å². The molecule has 1 saturated carbocycles. The Balaban J connectivity index is 1.48. The molecule has 1 aromatic carbocycles. The SMILES string of the molecule is CC(CC(=O)Nc1ccc2c(c1)OCCO2)=NNC(=O)C1CCCCC1. The number of nitrogens with zero attached hydrogens (tertiary/aromatic N) is 1. The molecule has 0 saturated heterocycles. The normalized spacial score (nSPS) is 17.5. The van der Waals surface area contributed by atoms with Crippen molar-refractivity contribution >= 4 is 23.2 Å². The van der Waals surface area contributed by atoms with Crippen molar-refractivity contribution in [2.45, 2.75) is 45.4 Å². The Bertz CT molecular complexity index is 696. The lowest BCUT2D eigenvalue weighted by molar-refractivity contribution is -0.126. The van der Waals surface area contributed by atoms with Crippen molar-refractivity contribution in [3.05, 3.63) is 18.2 Å². The maximum absolute atomic E-state index is 12.2. The van der Waals surface area contributed by atoms with Gasteiger partial charge in [0.15, 0.2) is 11.5 Å². The van der Waals surface area contributed by atoms with Crippen LogP contribution in [0.1, 0.15) is 45.4 Å². The molecule has 0 unspecified atom stereocenters. The molecular formula is C19H25N3O4. The van der Waals surface area contributed by atoms with Crippen molar-refractivity contribution in [3.63, 3.8) is 0 Å². The zero-order chi connectivity index (χ0) is 18.4. The van der Waals surface area contributed by atoms with Gasteiger partial charge in [-0.15, -0.1) is 0 Å². The molecule has 2 N–H and O–H groups in total. The van der Waals surface area contributed by atoms with E-state index in [1.165, 1.54) is 6.42 Å². The Kier molecular flexibility index (Phi) is 6.09. The molecule has 2 aliphatic rings. The summed E-state index contributed by atoms with van der Waals surface area (Å²) in [5.41, 5.74) is 3.79. The maximum atomic E-state index is 12.2. The van der Waals surface area contributed by atoms with Gasteiger partial charge < -0.3 is 14.8 Å².